The van der Waals surface area contributed by atoms with Gasteiger partial charge in [0.1, 0.15) is 0 Å². The van der Waals surface area contributed by atoms with Crippen LogP contribution in [0, 0.1) is 17.8 Å². The normalized spacial score (nSPS) is 22.8. The van der Waals surface area contributed by atoms with E-state index in [4.69, 9.17) is 0 Å². The standard InChI is InChI=1S/C11H23N/c1-8(2)10(4)9(3)7-12-11-5-6-11/h8-12H,5-7H2,1-4H3. The maximum Gasteiger partial charge on any atom is 0.00683 e. The van der Waals surface area contributed by atoms with Crippen molar-refractivity contribution in [2.24, 2.45) is 17.8 Å². The van der Waals surface area contributed by atoms with Crippen LogP contribution in [0.2, 0.25) is 0 Å². The van der Waals surface area contributed by atoms with Crippen molar-refractivity contribution < 1.29 is 0 Å². The van der Waals surface area contributed by atoms with Gasteiger partial charge in [0.15, 0.2) is 0 Å². The first kappa shape index (κ1) is 10.0. The van der Waals surface area contributed by atoms with Gasteiger partial charge in [0.05, 0.1) is 0 Å². The van der Waals surface area contributed by atoms with Crippen molar-refractivity contribution in [2.75, 3.05) is 6.54 Å². The lowest BCUT2D eigenvalue weighted by Crippen LogP contribution is -2.28. The van der Waals surface area contributed by atoms with Gasteiger partial charge in [0.2, 0.25) is 0 Å². The lowest BCUT2D eigenvalue weighted by Gasteiger charge is -2.23. The summed E-state index contributed by atoms with van der Waals surface area (Å²) in [4.78, 5) is 0. The molecule has 0 heterocycles. The first-order valence-electron chi connectivity index (χ1n) is 5.34. The van der Waals surface area contributed by atoms with Crippen LogP contribution in [0.4, 0.5) is 0 Å². The van der Waals surface area contributed by atoms with Crippen molar-refractivity contribution >= 4 is 0 Å². The van der Waals surface area contributed by atoms with Gasteiger partial charge < -0.3 is 5.32 Å². The zero-order valence-corrected chi connectivity index (χ0v) is 8.93. The second kappa shape index (κ2) is 4.27. The van der Waals surface area contributed by atoms with Crippen LogP contribution in [0.3, 0.4) is 0 Å². The van der Waals surface area contributed by atoms with E-state index in [0.29, 0.717) is 0 Å². The van der Waals surface area contributed by atoms with Gasteiger partial charge in [0.25, 0.3) is 0 Å². The Morgan fingerprint density at radius 2 is 1.75 bits per heavy atom. The molecule has 0 amide bonds. The van der Waals surface area contributed by atoms with Crippen molar-refractivity contribution in [2.45, 2.75) is 46.6 Å². The predicted molar refractivity (Wildman–Crippen MR) is 54.2 cm³/mol. The first-order valence-corrected chi connectivity index (χ1v) is 5.34. The van der Waals surface area contributed by atoms with E-state index in [-0.39, 0.29) is 0 Å². The van der Waals surface area contributed by atoms with Gasteiger partial charge in [-0.15, -0.1) is 0 Å². The predicted octanol–water partition coefficient (Wildman–Crippen LogP) is 2.67. The van der Waals surface area contributed by atoms with Crippen LogP contribution < -0.4 is 5.32 Å². The second-order valence-electron chi connectivity index (χ2n) is 4.76. The number of nitrogens with one attached hydrogen (secondary N) is 1. The van der Waals surface area contributed by atoms with Crippen molar-refractivity contribution in [1.82, 2.24) is 5.32 Å². The zero-order chi connectivity index (χ0) is 9.14. The molecule has 0 aromatic carbocycles. The summed E-state index contributed by atoms with van der Waals surface area (Å²) in [5, 5.41) is 3.59. The molecular formula is C11H23N. The molecule has 0 aliphatic heterocycles. The van der Waals surface area contributed by atoms with Crippen LogP contribution in [-0.4, -0.2) is 12.6 Å². The number of rotatable bonds is 5. The molecular weight excluding hydrogens is 146 g/mol. The molecule has 1 aliphatic rings. The largest absolute Gasteiger partial charge is 0.314 e. The van der Waals surface area contributed by atoms with Gasteiger partial charge in [0, 0.05) is 6.04 Å². The van der Waals surface area contributed by atoms with Crippen molar-refractivity contribution in [3.63, 3.8) is 0 Å². The molecule has 1 N–H and O–H groups in total. The van der Waals surface area contributed by atoms with Gasteiger partial charge in [-0.05, 0) is 37.1 Å². The van der Waals surface area contributed by atoms with Crippen LogP contribution in [0.25, 0.3) is 0 Å². The number of hydrogen-bond donors (Lipinski definition) is 1. The molecule has 0 aromatic heterocycles. The third kappa shape index (κ3) is 3.14. The van der Waals surface area contributed by atoms with Gasteiger partial charge >= 0.3 is 0 Å². The van der Waals surface area contributed by atoms with Gasteiger partial charge in [-0.2, -0.15) is 0 Å². The van der Waals surface area contributed by atoms with Crippen LogP contribution >= 0.6 is 0 Å². The van der Waals surface area contributed by atoms with Crippen molar-refractivity contribution in [3.8, 4) is 0 Å². The molecule has 0 spiro atoms. The summed E-state index contributed by atoms with van der Waals surface area (Å²) < 4.78 is 0. The van der Waals surface area contributed by atoms with E-state index in [1.807, 2.05) is 0 Å². The average molecular weight is 169 g/mol. The van der Waals surface area contributed by atoms with Gasteiger partial charge in [-0.25, -0.2) is 0 Å². The fourth-order valence-corrected chi connectivity index (χ4v) is 1.48. The van der Waals surface area contributed by atoms with E-state index in [1.54, 1.807) is 0 Å². The van der Waals surface area contributed by atoms with E-state index < -0.39 is 0 Å². The van der Waals surface area contributed by atoms with Crippen LogP contribution in [0.1, 0.15) is 40.5 Å². The SMILES string of the molecule is CC(C)C(C)C(C)CNC1CC1. The van der Waals surface area contributed by atoms with E-state index in [0.717, 1.165) is 23.8 Å². The molecule has 72 valence electrons. The minimum absolute atomic E-state index is 0.820. The lowest BCUT2D eigenvalue weighted by molar-refractivity contribution is 0.286. The highest BCUT2D eigenvalue weighted by atomic mass is 14.9. The summed E-state index contributed by atoms with van der Waals surface area (Å²) in [5.74, 6) is 2.49. The van der Waals surface area contributed by atoms with Crippen LogP contribution in [-0.2, 0) is 0 Å². The molecule has 0 aromatic rings. The summed E-state index contributed by atoms with van der Waals surface area (Å²) in [6.45, 7) is 10.6. The fourth-order valence-electron chi connectivity index (χ4n) is 1.48. The molecule has 1 aliphatic carbocycles. The fraction of sp³-hybridized carbons (Fsp3) is 1.00. The van der Waals surface area contributed by atoms with E-state index in [2.05, 4.69) is 33.0 Å². The molecule has 1 nitrogen and oxygen atoms in total. The van der Waals surface area contributed by atoms with Gasteiger partial charge in [-0.1, -0.05) is 27.7 Å². The van der Waals surface area contributed by atoms with E-state index in [9.17, 15) is 0 Å². The zero-order valence-electron chi connectivity index (χ0n) is 8.93. The summed E-state index contributed by atoms with van der Waals surface area (Å²) >= 11 is 0. The Bertz CT molecular complexity index is 127. The Hall–Kier alpha value is -0.0400. The molecule has 1 rings (SSSR count). The highest BCUT2D eigenvalue weighted by molar-refractivity contribution is 4.82. The Labute approximate surface area is 76.9 Å². The first-order chi connectivity index (χ1) is 5.61. The molecule has 1 saturated carbocycles. The van der Waals surface area contributed by atoms with Gasteiger partial charge in [-0.3, -0.25) is 0 Å². The van der Waals surface area contributed by atoms with Crippen LogP contribution in [0.5, 0.6) is 0 Å². The Kier molecular flexibility index (Phi) is 3.57. The number of hydrogen-bond acceptors (Lipinski definition) is 1. The minimum Gasteiger partial charge on any atom is -0.314 e. The highest BCUT2D eigenvalue weighted by Crippen LogP contribution is 2.22. The third-order valence-corrected chi connectivity index (χ3v) is 3.25. The molecule has 0 radical (unpaired) electrons. The van der Waals surface area contributed by atoms with Crippen molar-refractivity contribution in [3.05, 3.63) is 0 Å². The molecule has 2 atom stereocenters. The Morgan fingerprint density at radius 3 is 2.17 bits per heavy atom. The molecule has 1 heteroatoms. The molecule has 1 fully saturated rings. The maximum absolute atomic E-state index is 3.59. The summed E-state index contributed by atoms with van der Waals surface area (Å²) in [5.41, 5.74) is 0. The van der Waals surface area contributed by atoms with E-state index >= 15 is 0 Å². The molecule has 2 unspecified atom stereocenters. The summed E-state index contributed by atoms with van der Waals surface area (Å²) in [7, 11) is 0. The second-order valence-corrected chi connectivity index (χ2v) is 4.76. The third-order valence-electron chi connectivity index (χ3n) is 3.25. The molecule has 12 heavy (non-hydrogen) atoms. The summed E-state index contributed by atoms with van der Waals surface area (Å²) in [6, 6.07) is 0.867. The Balaban J connectivity index is 2.11. The Morgan fingerprint density at radius 1 is 1.17 bits per heavy atom. The highest BCUT2D eigenvalue weighted by Gasteiger charge is 2.22. The van der Waals surface area contributed by atoms with Crippen molar-refractivity contribution in [1.29, 1.82) is 0 Å². The maximum atomic E-state index is 3.59. The molecule has 0 saturated heterocycles. The quantitative estimate of drug-likeness (QED) is 0.667. The minimum atomic E-state index is 0.820. The summed E-state index contributed by atoms with van der Waals surface area (Å²) in [6.07, 6.45) is 2.81. The average Bonchev–Trinajstić information content (AvgIpc) is 2.81. The monoisotopic (exact) mass is 169 g/mol. The topological polar surface area (TPSA) is 12.0 Å². The molecule has 0 bridgehead atoms. The van der Waals surface area contributed by atoms with Crippen LogP contribution in [0.15, 0.2) is 0 Å². The lowest BCUT2D eigenvalue weighted by atomic mass is 9.86. The van der Waals surface area contributed by atoms with E-state index in [1.165, 1.54) is 19.4 Å². The smallest absolute Gasteiger partial charge is 0.00683 e.